The van der Waals surface area contributed by atoms with E-state index in [9.17, 15) is 19.8 Å². The average molecular weight is 563 g/mol. The second-order valence-corrected chi connectivity index (χ2v) is 13.3. The van der Waals surface area contributed by atoms with Gasteiger partial charge in [-0.15, -0.1) is 0 Å². The second-order valence-electron chi connectivity index (χ2n) is 13.3. The first-order valence-electron chi connectivity index (χ1n) is 14.4. The Labute approximate surface area is 242 Å². The number of phenolic OH excluding ortho intramolecular Hbond substituents is 2. The van der Waals surface area contributed by atoms with Crippen LogP contribution in [0.1, 0.15) is 89.7 Å². The summed E-state index contributed by atoms with van der Waals surface area (Å²) in [7, 11) is 1.49. The number of carbonyl (C=O) groups is 2. The summed E-state index contributed by atoms with van der Waals surface area (Å²) in [5.74, 6) is -1.41. The molecule has 6 rings (SSSR count). The van der Waals surface area contributed by atoms with Crippen molar-refractivity contribution in [2.45, 2.75) is 103 Å². The molecule has 1 saturated heterocycles. The quantitative estimate of drug-likeness (QED) is 0.379. The van der Waals surface area contributed by atoms with Crippen molar-refractivity contribution in [2.24, 2.45) is 5.92 Å². The molecule has 1 aromatic rings. The highest BCUT2D eigenvalue weighted by atomic mass is 16.6. The normalized spacial score (nSPS) is 30.2. The Morgan fingerprint density at radius 3 is 2.10 bits per heavy atom. The predicted octanol–water partition coefficient (Wildman–Crippen LogP) is 6.25. The summed E-state index contributed by atoms with van der Waals surface area (Å²) in [5.41, 5.74) is -1.18. The summed E-state index contributed by atoms with van der Waals surface area (Å²) in [5, 5.41) is 23.1. The third kappa shape index (κ3) is 3.85. The van der Waals surface area contributed by atoms with Crippen molar-refractivity contribution < 1.29 is 34.0 Å². The van der Waals surface area contributed by atoms with Gasteiger partial charge in [0, 0.05) is 36.1 Å². The van der Waals surface area contributed by atoms with Crippen molar-refractivity contribution >= 4 is 11.6 Å². The van der Waals surface area contributed by atoms with E-state index in [2.05, 4.69) is 0 Å². The molecule has 1 saturated carbocycles. The van der Waals surface area contributed by atoms with Crippen LogP contribution in [-0.2, 0) is 27.1 Å². The topological polar surface area (TPSA) is 102 Å². The lowest BCUT2D eigenvalue weighted by atomic mass is 9.49. The molecule has 0 radical (unpaired) electrons. The largest absolute Gasteiger partial charge is 0.507 e. The molecule has 2 aliphatic heterocycles. The monoisotopic (exact) mass is 562 g/mol. The Bertz CT molecular complexity index is 1480. The Hall–Kier alpha value is -3.16. The molecule has 0 aromatic heterocycles. The van der Waals surface area contributed by atoms with Crippen LogP contribution in [0.15, 0.2) is 46.6 Å². The molecule has 4 bridgehead atoms. The fourth-order valence-corrected chi connectivity index (χ4v) is 7.32. The van der Waals surface area contributed by atoms with Gasteiger partial charge < -0.3 is 24.4 Å². The van der Waals surface area contributed by atoms with E-state index in [1.54, 1.807) is 6.08 Å². The molecule has 2 heterocycles. The zero-order chi connectivity index (χ0) is 30.3. The van der Waals surface area contributed by atoms with Crippen molar-refractivity contribution in [2.75, 3.05) is 7.11 Å². The fourth-order valence-electron chi connectivity index (χ4n) is 7.32. The van der Waals surface area contributed by atoms with E-state index >= 15 is 0 Å². The molecular weight excluding hydrogens is 520 g/mol. The molecule has 1 aromatic carbocycles. The highest BCUT2D eigenvalue weighted by molar-refractivity contribution is 6.19. The fraction of sp³-hybridized carbons (Fsp3) is 0.529. The number of hydrogen-bond donors (Lipinski definition) is 2. The predicted molar refractivity (Wildman–Crippen MR) is 157 cm³/mol. The van der Waals surface area contributed by atoms with Gasteiger partial charge in [-0.05, 0) is 80.7 Å². The zero-order valence-electron chi connectivity index (χ0n) is 25.7. The Morgan fingerprint density at radius 1 is 0.951 bits per heavy atom. The molecule has 220 valence electrons. The van der Waals surface area contributed by atoms with E-state index in [1.165, 1.54) is 7.11 Å². The molecule has 2 fully saturated rings. The molecule has 1 spiro atoms. The summed E-state index contributed by atoms with van der Waals surface area (Å²) >= 11 is 0. The first-order chi connectivity index (χ1) is 19.1. The number of rotatable bonds is 7. The first kappa shape index (κ1) is 29.3. The Kier molecular flexibility index (Phi) is 6.75. The summed E-state index contributed by atoms with van der Waals surface area (Å²) in [6.45, 7) is 15.5. The summed E-state index contributed by atoms with van der Waals surface area (Å²) in [6, 6.07) is 0. The van der Waals surface area contributed by atoms with Crippen LogP contribution < -0.4 is 4.74 Å². The lowest BCUT2D eigenvalue weighted by molar-refractivity contribution is -0.189. The number of aromatic hydroxyl groups is 2. The van der Waals surface area contributed by atoms with Crippen LogP contribution in [0.3, 0.4) is 0 Å². The maximum Gasteiger partial charge on any atom is 0.205 e. The van der Waals surface area contributed by atoms with Crippen LogP contribution >= 0.6 is 0 Å². The number of methoxy groups -OCH3 is 1. The number of fused-ring (bicyclic) bond motifs is 1. The molecule has 7 heteroatoms. The number of hydrogen-bond acceptors (Lipinski definition) is 7. The van der Waals surface area contributed by atoms with Crippen LogP contribution in [0, 0.1) is 5.92 Å². The van der Waals surface area contributed by atoms with Crippen molar-refractivity contribution in [3.63, 3.8) is 0 Å². The van der Waals surface area contributed by atoms with E-state index in [0.717, 1.165) is 16.7 Å². The van der Waals surface area contributed by atoms with Crippen LogP contribution in [0.25, 0.3) is 0 Å². The van der Waals surface area contributed by atoms with Gasteiger partial charge in [0.25, 0.3) is 0 Å². The van der Waals surface area contributed by atoms with Gasteiger partial charge in [0.05, 0.1) is 5.60 Å². The van der Waals surface area contributed by atoms with Crippen LogP contribution in [-0.4, -0.2) is 51.3 Å². The van der Waals surface area contributed by atoms with Crippen molar-refractivity contribution in [1.82, 2.24) is 0 Å². The average Bonchev–Trinajstić information content (AvgIpc) is 3.04. The molecule has 4 atom stereocenters. The Balaban J connectivity index is 1.87. The minimum absolute atomic E-state index is 0.00908. The molecule has 41 heavy (non-hydrogen) atoms. The third-order valence-electron chi connectivity index (χ3n) is 9.32. The third-order valence-corrected chi connectivity index (χ3v) is 9.32. The van der Waals surface area contributed by atoms with Gasteiger partial charge in [-0.2, -0.15) is 0 Å². The molecular formula is C34H42O7. The van der Waals surface area contributed by atoms with Gasteiger partial charge in [0.2, 0.25) is 5.78 Å². The van der Waals surface area contributed by atoms with Crippen molar-refractivity contribution in [3.05, 3.63) is 63.3 Å². The van der Waals surface area contributed by atoms with E-state index in [4.69, 9.17) is 14.2 Å². The van der Waals surface area contributed by atoms with Crippen LogP contribution in [0.2, 0.25) is 0 Å². The van der Waals surface area contributed by atoms with Gasteiger partial charge in [0.1, 0.15) is 28.4 Å². The van der Waals surface area contributed by atoms with Crippen LogP contribution in [0.5, 0.6) is 17.2 Å². The molecule has 2 N–H and O–H groups in total. The van der Waals surface area contributed by atoms with Gasteiger partial charge >= 0.3 is 0 Å². The molecule has 5 aliphatic rings. The standard InChI is InChI=1S/C34H42O7/c1-18(2)10-12-21-26(35)22(13-11-19(3)4)29-25(27(21)36)28(37)23-16-32(39-9)17-24-31(7,8)41-33(30(32)38,15-14-20(5)6)34(23,24)40-29/h10-11,14,16,24,35-36H,12-13,15,17H2,1-9H3/t24-,32-,33-,34+/m1/s1. The molecule has 0 amide bonds. The summed E-state index contributed by atoms with van der Waals surface area (Å²) in [4.78, 5) is 29.2. The maximum atomic E-state index is 14.7. The second kappa shape index (κ2) is 9.43. The lowest BCUT2D eigenvalue weighted by Gasteiger charge is -2.59. The number of benzene rings is 1. The Morgan fingerprint density at radius 2 is 1.54 bits per heavy atom. The van der Waals surface area contributed by atoms with E-state index in [-0.39, 0.29) is 65.4 Å². The lowest BCUT2D eigenvalue weighted by Crippen LogP contribution is -2.77. The van der Waals surface area contributed by atoms with E-state index in [1.807, 2.05) is 73.6 Å². The summed E-state index contributed by atoms with van der Waals surface area (Å²) < 4.78 is 19.7. The summed E-state index contributed by atoms with van der Waals surface area (Å²) in [6.07, 6.45) is 8.41. The number of phenols is 2. The number of ketones is 2. The van der Waals surface area contributed by atoms with E-state index < -0.39 is 34.1 Å². The number of Topliss-reactive ketones (excluding diaryl/α,β-unsaturated/α-hetero) is 2. The smallest absolute Gasteiger partial charge is 0.205 e. The van der Waals surface area contributed by atoms with E-state index in [0.29, 0.717) is 5.56 Å². The molecule has 0 unspecified atom stereocenters. The molecule has 7 nitrogen and oxygen atoms in total. The van der Waals surface area contributed by atoms with Crippen LogP contribution in [0.4, 0.5) is 0 Å². The highest BCUT2D eigenvalue weighted by Gasteiger charge is 2.84. The SMILES string of the molecule is CO[C@]12C=C3C(=O)c4c(O)c(CC=C(C)C)c(O)c(CC=C(C)C)c4O[C@]34[C@H](C1)C(C)(C)O[C@]4(CC=C(C)C)C2=O. The van der Waals surface area contributed by atoms with Crippen molar-refractivity contribution in [3.8, 4) is 17.2 Å². The minimum atomic E-state index is -1.54. The zero-order valence-corrected chi connectivity index (χ0v) is 25.7. The van der Waals surface area contributed by atoms with Gasteiger partial charge in [0.15, 0.2) is 17.0 Å². The van der Waals surface area contributed by atoms with Gasteiger partial charge in [-0.25, -0.2) is 0 Å². The molecule has 3 aliphatic carbocycles. The number of carbonyl (C=O) groups excluding carboxylic acids is 2. The van der Waals surface area contributed by atoms with Gasteiger partial charge in [-0.1, -0.05) is 34.9 Å². The minimum Gasteiger partial charge on any atom is -0.507 e. The van der Waals surface area contributed by atoms with Crippen molar-refractivity contribution in [1.29, 1.82) is 0 Å². The first-order valence-corrected chi connectivity index (χ1v) is 14.4. The maximum absolute atomic E-state index is 14.7. The number of allylic oxidation sites excluding steroid dienone is 5. The van der Waals surface area contributed by atoms with Gasteiger partial charge in [-0.3, -0.25) is 9.59 Å². The number of ether oxygens (including phenoxy) is 3. The highest BCUT2D eigenvalue weighted by Crippen LogP contribution is 2.69.